The first-order chi connectivity index (χ1) is 8.31. The number of nitrogens with zero attached hydrogens (tertiary/aromatic N) is 1. The molecular weight excluding hydrogens is 276 g/mol. The van der Waals surface area contributed by atoms with Crippen molar-refractivity contribution in [3.05, 3.63) is 28.7 Å². The lowest BCUT2D eigenvalue weighted by Crippen LogP contribution is -2.42. The Hall–Kier alpha value is -0.540. The maximum Gasteiger partial charge on any atom is 0.0353 e. The second kappa shape index (κ2) is 4.99. The highest BCUT2D eigenvalue weighted by Gasteiger charge is 2.31. The molecule has 0 saturated carbocycles. The molecule has 2 unspecified atom stereocenters. The summed E-state index contributed by atoms with van der Waals surface area (Å²) in [6.45, 7) is 2.60. The van der Waals surface area contributed by atoms with E-state index >= 15 is 0 Å². The number of hydrogen-bond acceptors (Lipinski definition) is 2. The minimum absolute atomic E-state index is 0.656. The highest BCUT2D eigenvalue weighted by molar-refractivity contribution is 9.10. The Labute approximate surface area is 112 Å². The third kappa shape index (κ3) is 2.66. The van der Waals surface area contributed by atoms with E-state index in [-0.39, 0.29) is 0 Å². The predicted molar refractivity (Wildman–Crippen MR) is 75.4 cm³/mol. The molecule has 2 aliphatic heterocycles. The largest absolute Gasteiger partial charge is 0.382 e. The molecule has 0 spiro atoms. The van der Waals surface area contributed by atoms with Crippen LogP contribution < -0.4 is 5.32 Å². The van der Waals surface area contributed by atoms with E-state index in [9.17, 15) is 0 Å². The molecule has 0 aliphatic carbocycles. The smallest absolute Gasteiger partial charge is 0.0353 e. The molecule has 0 amide bonds. The minimum Gasteiger partial charge on any atom is -0.382 e. The predicted octanol–water partition coefficient (Wildman–Crippen LogP) is 3.49. The molecule has 2 atom stereocenters. The van der Waals surface area contributed by atoms with Crippen molar-refractivity contribution in [1.29, 1.82) is 0 Å². The fraction of sp³-hybridized carbons (Fsp3) is 0.571. The number of piperidine rings is 1. The quantitative estimate of drug-likeness (QED) is 0.898. The zero-order valence-electron chi connectivity index (χ0n) is 10.0. The number of anilines is 1. The van der Waals surface area contributed by atoms with E-state index in [4.69, 9.17) is 0 Å². The molecule has 1 N–H and O–H groups in total. The van der Waals surface area contributed by atoms with E-state index in [1.54, 1.807) is 0 Å². The van der Waals surface area contributed by atoms with Gasteiger partial charge in [-0.3, -0.25) is 0 Å². The van der Waals surface area contributed by atoms with Gasteiger partial charge in [0, 0.05) is 28.8 Å². The van der Waals surface area contributed by atoms with Crippen molar-refractivity contribution in [2.45, 2.75) is 37.8 Å². The zero-order valence-corrected chi connectivity index (χ0v) is 11.6. The molecule has 2 heterocycles. The number of hydrogen-bond donors (Lipinski definition) is 1. The Balaban J connectivity index is 1.62. The Morgan fingerprint density at radius 2 is 2.18 bits per heavy atom. The van der Waals surface area contributed by atoms with Gasteiger partial charge in [-0.15, -0.1) is 0 Å². The Kier molecular flexibility index (Phi) is 3.39. The van der Waals surface area contributed by atoms with Crippen LogP contribution in [0.3, 0.4) is 0 Å². The van der Waals surface area contributed by atoms with Crippen LogP contribution in [0.1, 0.15) is 25.7 Å². The van der Waals surface area contributed by atoms with E-state index < -0.39 is 0 Å². The van der Waals surface area contributed by atoms with E-state index in [2.05, 4.69) is 50.4 Å². The minimum atomic E-state index is 0.656. The molecule has 1 aromatic rings. The Morgan fingerprint density at radius 1 is 1.24 bits per heavy atom. The van der Waals surface area contributed by atoms with Crippen molar-refractivity contribution >= 4 is 21.6 Å². The van der Waals surface area contributed by atoms with E-state index in [1.165, 1.54) is 44.5 Å². The lowest BCUT2D eigenvalue weighted by molar-refractivity contribution is 0.188. The molecule has 2 fully saturated rings. The van der Waals surface area contributed by atoms with Crippen molar-refractivity contribution < 1.29 is 0 Å². The molecule has 17 heavy (non-hydrogen) atoms. The third-order valence-electron chi connectivity index (χ3n) is 4.02. The van der Waals surface area contributed by atoms with E-state index in [0.717, 1.165) is 10.5 Å². The van der Waals surface area contributed by atoms with Crippen LogP contribution in [0, 0.1) is 0 Å². The molecule has 2 nitrogen and oxygen atoms in total. The fourth-order valence-electron chi connectivity index (χ4n) is 3.17. The average molecular weight is 295 g/mol. The Bertz CT molecular complexity index is 394. The van der Waals surface area contributed by atoms with Crippen LogP contribution >= 0.6 is 15.9 Å². The number of rotatable bonds is 2. The van der Waals surface area contributed by atoms with Gasteiger partial charge in [-0.2, -0.15) is 0 Å². The maximum absolute atomic E-state index is 3.68. The normalized spacial score (nSPS) is 29.0. The summed E-state index contributed by atoms with van der Waals surface area (Å²) in [7, 11) is 0. The van der Waals surface area contributed by atoms with Gasteiger partial charge in [0.25, 0.3) is 0 Å². The summed E-state index contributed by atoms with van der Waals surface area (Å²) in [5.41, 5.74) is 1.25. The zero-order chi connectivity index (χ0) is 11.7. The van der Waals surface area contributed by atoms with Gasteiger partial charge in [-0.25, -0.2) is 0 Å². The second-order valence-electron chi connectivity index (χ2n) is 5.21. The topological polar surface area (TPSA) is 15.3 Å². The molecule has 0 radical (unpaired) electrons. The van der Waals surface area contributed by atoms with Gasteiger partial charge in [-0.1, -0.05) is 22.0 Å². The van der Waals surface area contributed by atoms with Gasteiger partial charge in [0.15, 0.2) is 0 Å². The number of halogens is 1. The average Bonchev–Trinajstić information content (AvgIpc) is 2.76. The van der Waals surface area contributed by atoms with Gasteiger partial charge >= 0.3 is 0 Å². The monoisotopic (exact) mass is 294 g/mol. The lowest BCUT2D eigenvalue weighted by atomic mass is 9.97. The van der Waals surface area contributed by atoms with Crippen molar-refractivity contribution in [3.8, 4) is 0 Å². The third-order valence-corrected chi connectivity index (χ3v) is 4.51. The van der Waals surface area contributed by atoms with Crippen molar-refractivity contribution in [2.24, 2.45) is 0 Å². The first-order valence-electron chi connectivity index (χ1n) is 6.57. The van der Waals surface area contributed by atoms with Gasteiger partial charge < -0.3 is 10.2 Å². The van der Waals surface area contributed by atoms with Crippen LogP contribution in [0.15, 0.2) is 28.7 Å². The van der Waals surface area contributed by atoms with Crippen LogP contribution in [-0.4, -0.2) is 30.1 Å². The van der Waals surface area contributed by atoms with Crippen LogP contribution in [0.4, 0.5) is 5.69 Å². The molecule has 2 saturated heterocycles. The van der Waals surface area contributed by atoms with Gasteiger partial charge in [0.1, 0.15) is 0 Å². The Morgan fingerprint density at radius 3 is 3.06 bits per heavy atom. The van der Waals surface area contributed by atoms with Crippen LogP contribution in [0.2, 0.25) is 0 Å². The highest BCUT2D eigenvalue weighted by atomic mass is 79.9. The SMILES string of the molecule is Brc1cccc(NC2CCN3CCCC3C2)c1. The summed E-state index contributed by atoms with van der Waals surface area (Å²) in [4.78, 5) is 2.67. The summed E-state index contributed by atoms with van der Waals surface area (Å²) < 4.78 is 1.15. The first kappa shape index (κ1) is 11.5. The van der Waals surface area contributed by atoms with Crippen LogP contribution in [0.25, 0.3) is 0 Å². The second-order valence-corrected chi connectivity index (χ2v) is 6.12. The molecule has 2 aliphatic rings. The summed E-state index contributed by atoms with van der Waals surface area (Å²) >= 11 is 3.52. The first-order valence-corrected chi connectivity index (χ1v) is 7.37. The molecule has 1 aromatic carbocycles. The number of benzene rings is 1. The van der Waals surface area contributed by atoms with E-state index in [0.29, 0.717) is 6.04 Å². The van der Waals surface area contributed by atoms with Gasteiger partial charge in [0.05, 0.1) is 0 Å². The summed E-state index contributed by atoms with van der Waals surface area (Å²) in [6, 6.07) is 9.99. The van der Waals surface area contributed by atoms with Crippen LogP contribution in [-0.2, 0) is 0 Å². The van der Waals surface area contributed by atoms with Gasteiger partial charge in [0.2, 0.25) is 0 Å². The summed E-state index contributed by atoms with van der Waals surface area (Å²) in [5.74, 6) is 0. The molecule has 0 bridgehead atoms. The summed E-state index contributed by atoms with van der Waals surface area (Å²) in [5, 5.41) is 3.68. The standard InChI is InChI=1S/C14H19BrN2/c15-11-3-1-4-12(9-11)16-13-6-8-17-7-2-5-14(17)10-13/h1,3-4,9,13-14,16H,2,5-8,10H2. The van der Waals surface area contributed by atoms with Crippen molar-refractivity contribution in [3.63, 3.8) is 0 Å². The highest BCUT2D eigenvalue weighted by Crippen LogP contribution is 2.28. The molecule has 92 valence electrons. The molecular formula is C14H19BrN2. The number of fused-ring (bicyclic) bond motifs is 1. The molecule has 3 heteroatoms. The molecule has 3 rings (SSSR count). The van der Waals surface area contributed by atoms with E-state index in [1.807, 2.05) is 0 Å². The fourth-order valence-corrected chi connectivity index (χ4v) is 3.57. The van der Waals surface area contributed by atoms with Crippen molar-refractivity contribution in [1.82, 2.24) is 4.90 Å². The van der Waals surface area contributed by atoms with Crippen molar-refractivity contribution in [2.75, 3.05) is 18.4 Å². The lowest BCUT2D eigenvalue weighted by Gasteiger charge is -2.35. The van der Waals surface area contributed by atoms with Gasteiger partial charge in [-0.05, 0) is 50.4 Å². The molecule has 0 aromatic heterocycles. The van der Waals surface area contributed by atoms with Crippen LogP contribution in [0.5, 0.6) is 0 Å². The number of nitrogens with one attached hydrogen (secondary N) is 1. The maximum atomic E-state index is 3.68. The summed E-state index contributed by atoms with van der Waals surface area (Å²) in [6.07, 6.45) is 5.39.